The molecule has 1 aromatic rings. The minimum Gasteiger partial charge on any atom is -0.462 e. The van der Waals surface area contributed by atoms with Crippen LogP contribution in [0.1, 0.15) is 32.4 Å². The zero-order valence-corrected chi connectivity index (χ0v) is 13.5. The molecule has 4 heteroatoms. The van der Waals surface area contributed by atoms with Crippen molar-refractivity contribution in [2.45, 2.75) is 26.8 Å². The highest BCUT2D eigenvalue weighted by Gasteiger charge is 2.37. The van der Waals surface area contributed by atoms with E-state index in [-0.39, 0.29) is 23.3 Å². The number of cyclic esters (lactones) is 1. The molecule has 0 saturated carbocycles. The van der Waals surface area contributed by atoms with Gasteiger partial charge in [0.15, 0.2) is 0 Å². The Morgan fingerprint density at radius 2 is 2.00 bits per heavy atom. The smallest absolute Gasteiger partial charge is 0.333 e. The number of ether oxygens (including phenoxy) is 1. The molecule has 3 nitrogen and oxygen atoms in total. The zero-order valence-electron chi connectivity index (χ0n) is 12.7. The number of benzene rings is 1. The normalized spacial score (nSPS) is 20.0. The quantitative estimate of drug-likeness (QED) is 0.527. The molecule has 21 heavy (non-hydrogen) atoms. The SMILES string of the molecule is C=C1C(=O)OCC1C(NC(=S)C(C)(C)C)c1ccccc1. The van der Waals surface area contributed by atoms with Crippen molar-refractivity contribution >= 4 is 23.2 Å². The van der Waals surface area contributed by atoms with Crippen molar-refractivity contribution < 1.29 is 9.53 Å². The zero-order chi connectivity index (χ0) is 15.6. The third kappa shape index (κ3) is 3.50. The van der Waals surface area contributed by atoms with E-state index >= 15 is 0 Å². The van der Waals surface area contributed by atoms with Gasteiger partial charge in [-0.2, -0.15) is 0 Å². The Bertz CT molecular complexity index is 560. The summed E-state index contributed by atoms with van der Waals surface area (Å²) < 4.78 is 5.13. The maximum Gasteiger partial charge on any atom is 0.333 e. The molecule has 1 aromatic carbocycles. The van der Waals surface area contributed by atoms with Crippen molar-refractivity contribution in [3.63, 3.8) is 0 Å². The second-order valence-electron chi connectivity index (χ2n) is 6.34. The van der Waals surface area contributed by atoms with Crippen LogP contribution in [0.15, 0.2) is 42.5 Å². The van der Waals surface area contributed by atoms with Gasteiger partial charge in [-0.25, -0.2) is 4.79 Å². The van der Waals surface area contributed by atoms with Crippen LogP contribution in [0, 0.1) is 11.3 Å². The fourth-order valence-electron chi connectivity index (χ4n) is 2.24. The summed E-state index contributed by atoms with van der Waals surface area (Å²) in [7, 11) is 0. The van der Waals surface area contributed by atoms with E-state index in [9.17, 15) is 4.79 Å². The molecule has 1 N–H and O–H groups in total. The summed E-state index contributed by atoms with van der Waals surface area (Å²) in [4.78, 5) is 12.4. The molecular formula is C17H21NO2S. The molecule has 2 rings (SSSR count). The molecule has 1 fully saturated rings. The van der Waals surface area contributed by atoms with Crippen LogP contribution in [0.2, 0.25) is 0 Å². The number of rotatable bonds is 3. The highest BCUT2D eigenvalue weighted by Crippen LogP contribution is 2.33. The van der Waals surface area contributed by atoms with E-state index in [1.54, 1.807) is 0 Å². The monoisotopic (exact) mass is 303 g/mol. The molecular weight excluding hydrogens is 282 g/mol. The molecule has 1 aliphatic rings. The number of esters is 1. The van der Waals surface area contributed by atoms with Gasteiger partial charge in [0.25, 0.3) is 0 Å². The van der Waals surface area contributed by atoms with Gasteiger partial charge >= 0.3 is 5.97 Å². The maximum atomic E-state index is 11.6. The van der Waals surface area contributed by atoms with Crippen LogP contribution in [0.3, 0.4) is 0 Å². The van der Waals surface area contributed by atoms with Gasteiger partial charge in [-0.15, -0.1) is 0 Å². The van der Waals surface area contributed by atoms with E-state index in [1.807, 2.05) is 30.3 Å². The first-order valence-electron chi connectivity index (χ1n) is 7.02. The lowest BCUT2D eigenvalue weighted by Gasteiger charge is -2.30. The van der Waals surface area contributed by atoms with Crippen molar-refractivity contribution in [1.82, 2.24) is 5.32 Å². The molecule has 0 spiro atoms. The van der Waals surface area contributed by atoms with Crippen LogP contribution in [-0.4, -0.2) is 17.6 Å². The van der Waals surface area contributed by atoms with Crippen LogP contribution in [0.4, 0.5) is 0 Å². The van der Waals surface area contributed by atoms with Crippen LogP contribution in [0.25, 0.3) is 0 Å². The summed E-state index contributed by atoms with van der Waals surface area (Å²) in [5, 5.41) is 3.40. The summed E-state index contributed by atoms with van der Waals surface area (Å²) in [5.41, 5.74) is 1.45. The maximum absolute atomic E-state index is 11.6. The van der Waals surface area contributed by atoms with Gasteiger partial charge in [-0.3, -0.25) is 0 Å². The van der Waals surface area contributed by atoms with Gasteiger partial charge in [0.2, 0.25) is 0 Å². The second kappa shape index (κ2) is 5.98. The highest BCUT2D eigenvalue weighted by atomic mass is 32.1. The lowest BCUT2D eigenvalue weighted by atomic mass is 9.87. The summed E-state index contributed by atoms with van der Waals surface area (Å²) in [6.45, 7) is 10.4. The van der Waals surface area contributed by atoms with Crippen LogP contribution in [0.5, 0.6) is 0 Å². The van der Waals surface area contributed by atoms with Crippen molar-refractivity contribution in [2.75, 3.05) is 6.61 Å². The second-order valence-corrected chi connectivity index (χ2v) is 6.75. The predicted octanol–water partition coefficient (Wildman–Crippen LogP) is 3.42. The standard InChI is InChI=1S/C17H21NO2S/c1-11-13(10-20-15(11)19)14(12-8-6-5-7-9-12)18-16(21)17(2,3)4/h5-9,13-14H,1,10H2,2-4H3,(H,18,21). The number of thiocarbonyl (C=S) groups is 1. The number of nitrogens with one attached hydrogen (secondary N) is 1. The Labute approximate surface area is 131 Å². The van der Waals surface area contributed by atoms with E-state index in [4.69, 9.17) is 17.0 Å². The summed E-state index contributed by atoms with van der Waals surface area (Å²) in [5.74, 6) is -0.412. The van der Waals surface area contributed by atoms with Crippen molar-refractivity contribution in [1.29, 1.82) is 0 Å². The Morgan fingerprint density at radius 3 is 2.48 bits per heavy atom. The number of hydrogen-bond donors (Lipinski definition) is 1. The highest BCUT2D eigenvalue weighted by molar-refractivity contribution is 7.80. The van der Waals surface area contributed by atoms with Crippen LogP contribution < -0.4 is 5.32 Å². The number of carbonyl (C=O) groups excluding carboxylic acids is 1. The van der Waals surface area contributed by atoms with Crippen molar-refractivity contribution in [3.05, 3.63) is 48.0 Å². The van der Waals surface area contributed by atoms with E-state index in [2.05, 4.69) is 32.7 Å². The Balaban J connectivity index is 2.30. The van der Waals surface area contributed by atoms with E-state index in [0.717, 1.165) is 10.6 Å². The van der Waals surface area contributed by atoms with Gasteiger partial charge in [0.05, 0.1) is 11.0 Å². The third-order valence-electron chi connectivity index (χ3n) is 3.63. The predicted molar refractivity (Wildman–Crippen MR) is 88.0 cm³/mol. The van der Waals surface area contributed by atoms with Gasteiger partial charge in [0, 0.05) is 16.9 Å². The number of hydrogen-bond acceptors (Lipinski definition) is 3. The van der Waals surface area contributed by atoms with Crippen LogP contribution >= 0.6 is 12.2 Å². The van der Waals surface area contributed by atoms with E-state index in [0.29, 0.717) is 12.2 Å². The molecule has 0 aromatic heterocycles. The van der Waals surface area contributed by atoms with Crippen molar-refractivity contribution in [3.8, 4) is 0 Å². The Morgan fingerprint density at radius 1 is 1.38 bits per heavy atom. The van der Waals surface area contributed by atoms with E-state index in [1.165, 1.54) is 0 Å². The van der Waals surface area contributed by atoms with Gasteiger partial charge in [-0.05, 0) is 5.56 Å². The minimum absolute atomic E-state index is 0.0970. The summed E-state index contributed by atoms with van der Waals surface area (Å²) >= 11 is 5.50. The molecule has 0 amide bonds. The molecule has 2 unspecified atom stereocenters. The van der Waals surface area contributed by atoms with Gasteiger partial charge in [0.1, 0.15) is 6.61 Å². The van der Waals surface area contributed by atoms with Gasteiger partial charge in [-0.1, -0.05) is 69.9 Å². The molecule has 0 radical (unpaired) electrons. The molecule has 0 bridgehead atoms. The lowest BCUT2D eigenvalue weighted by molar-refractivity contribution is -0.135. The first-order chi connectivity index (χ1) is 9.80. The first-order valence-corrected chi connectivity index (χ1v) is 7.43. The van der Waals surface area contributed by atoms with Crippen molar-refractivity contribution in [2.24, 2.45) is 11.3 Å². The molecule has 1 saturated heterocycles. The number of carbonyl (C=O) groups is 1. The first kappa shape index (κ1) is 15.7. The summed E-state index contributed by atoms with van der Waals surface area (Å²) in [6, 6.07) is 9.87. The fourth-order valence-corrected chi connectivity index (χ4v) is 2.37. The minimum atomic E-state index is -0.315. The van der Waals surface area contributed by atoms with Gasteiger partial charge < -0.3 is 10.1 Å². The topological polar surface area (TPSA) is 38.3 Å². The Hall–Kier alpha value is -1.68. The molecule has 0 aliphatic carbocycles. The largest absolute Gasteiger partial charge is 0.462 e. The summed E-state index contributed by atoms with van der Waals surface area (Å²) in [6.07, 6.45) is 0. The molecule has 2 atom stereocenters. The average molecular weight is 303 g/mol. The lowest BCUT2D eigenvalue weighted by Crippen LogP contribution is -2.39. The average Bonchev–Trinajstić information content (AvgIpc) is 2.76. The third-order valence-corrected chi connectivity index (χ3v) is 4.36. The Kier molecular flexibility index (Phi) is 4.47. The molecule has 1 heterocycles. The molecule has 1 aliphatic heterocycles. The van der Waals surface area contributed by atoms with E-state index < -0.39 is 0 Å². The fraction of sp³-hybridized carbons (Fsp3) is 0.412. The molecule has 112 valence electrons. The van der Waals surface area contributed by atoms with Crippen LogP contribution in [-0.2, 0) is 9.53 Å².